The molecule has 0 aliphatic carbocycles. The first-order chi connectivity index (χ1) is 11.0. The van der Waals surface area contributed by atoms with Gasteiger partial charge in [-0.05, 0) is 30.6 Å². The van der Waals surface area contributed by atoms with Gasteiger partial charge in [-0.15, -0.1) is 0 Å². The number of ether oxygens (including phenoxy) is 1. The molecule has 2 rings (SSSR count). The Morgan fingerprint density at radius 1 is 1.43 bits per heavy atom. The molecule has 0 bridgehead atoms. The summed E-state index contributed by atoms with van der Waals surface area (Å²) in [4.78, 5) is 11.0. The molecular weight excluding hydrogens is 292 g/mol. The number of aliphatic hydroxyl groups is 1. The highest BCUT2D eigenvalue weighted by molar-refractivity contribution is 5.48. The minimum atomic E-state index is 0.147. The summed E-state index contributed by atoms with van der Waals surface area (Å²) < 4.78 is 5.17. The molecule has 1 saturated heterocycles. The van der Waals surface area contributed by atoms with Crippen molar-refractivity contribution in [2.24, 2.45) is 11.3 Å². The minimum absolute atomic E-state index is 0.147. The monoisotopic (exact) mass is 322 g/mol. The Bertz CT molecular complexity index is 481. The van der Waals surface area contributed by atoms with Crippen molar-refractivity contribution in [3.05, 3.63) is 12.4 Å². The van der Waals surface area contributed by atoms with E-state index in [1.807, 2.05) is 6.07 Å². The number of aliphatic hydroxyl groups excluding tert-OH is 1. The number of hydrogen-bond acceptors (Lipinski definition) is 6. The van der Waals surface area contributed by atoms with Crippen LogP contribution in [0.4, 0.5) is 11.6 Å². The average molecular weight is 322 g/mol. The average Bonchev–Trinajstić information content (AvgIpc) is 2.59. The molecule has 0 radical (unpaired) electrons. The zero-order valence-electron chi connectivity index (χ0n) is 14.6. The van der Waals surface area contributed by atoms with Crippen molar-refractivity contribution in [1.29, 1.82) is 0 Å². The standard InChI is InChI=1S/C17H30N4O2/c1-17(2,6-8-23-3)12-18-15-9-16(20-13-19-15)21-7-4-5-14(10-21)11-22/h9,13-14,22H,4-8,10-12H2,1-3H3,(H,18,19,20). The molecule has 1 aliphatic heterocycles. The molecule has 0 amide bonds. The lowest BCUT2D eigenvalue weighted by atomic mass is 9.90. The van der Waals surface area contributed by atoms with Crippen LogP contribution in [0.15, 0.2) is 12.4 Å². The van der Waals surface area contributed by atoms with Gasteiger partial charge in [-0.25, -0.2) is 9.97 Å². The lowest BCUT2D eigenvalue weighted by molar-refractivity contribution is 0.157. The van der Waals surface area contributed by atoms with Crippen molar-refractivity contribution >= 4 is 11.6 Å². The van der Waals surface area contributed by atoms with Gasteiger partial charge in [-0.1, -0.05) is 13.8 Å². The Balaban J connectivity index is 1.94. The lowest BCUT2D eigenvalue weighted by Crippen LogP contribution is -2.37. The number of piperidine rings is 1. The quantitative estimate of drug-likeness (QED) is 0.764. The molecule has 1 atom stereocenters. The van der Waals surface area contributed by atoms with Gasteiger partial charge in [-0.3, -0.25) is 0 Å². The number of rotatable bonds is 8. The van der Waals surface area contributed by atoms with Crippen molar-refractivity contribution in [2.45, 2.75) is 33.1 Å². The van der Waals surface area contributed by atoms with E-state index >= 15 is 0 Å². The van der Waals surface area contributed by atoms with Crippen molar-refractivity contribution < 1.29 is 9.84 Å². The van der Waals surface area contributed by atoms with Gasteiger partial charge in [0.1, 0.15) is 18.0 Å². The van der Waals surface area contributed by atoms with E-state index in [-0.39, 0.29) is 12.0 Å². The molecule has 0 spiro atoms. The van der Waals surface area contributed by atoms with Crippen LogP contribution >= 0.6 is 0 Å². The molecule has 1 aromatic rings. The third kappa shape index (κ3) is 5.62. The zero-order chi connectivity index (χ0) is 16.7. The van der Waals surface area contributed by atoms with Gasteiger partial charge in [0.2, 0.25) is 0 Å². The Morgan fingerprint density at radius 3 is 3.00 bits per heavy atom. The second-order valence-electron chi connectivity index (χ2n) is 7.16. The SMILES string of the molecule is COCCC(C)(C)CNc1cc(N2CCCC(CO)C2)ncn1. The van der Waals surface area contributed by atoms with Crippen LogP contribution in [0.5, 0.6) is 0 Å². The highest BCUT2D eigenvalue weighted by Gasteiger charge is 2.21. The van der Waals surface area contributed by atoms with Crippen LogP contribution in [0.25, 0.3) is 0 Å². The van der Waals surface area contributed by atoms with E-state index in [4.69, 9.17) is 4.74 Å². The normalized spacial score (nSPS) is 19.0. The minimum Gasteiger partial charge on any atom is -0.396 e. The first-order valence-corrected chi connectivity index (χ1v) is 8.45. The molecule has 2 N–H and O–H groups in total. The molecule has 1 aliphatic rings. The molecule has 130 valence electrons. The van der Waals surface area contributed by atoms with Crippen LogP contribution in [0.2, 0.25) is 0 Å². The van der Waals surface area contributed by atoms with Gasteiger partial charge in [-0.2, -0.15) is 0 Å². The summed E-state index contributed by atoms with van der Waals surface area (Å²) >= 11 is 0. The summed E-state index contributed by atoms with van der Waals surface area (Å²) in [5, 5.41) is 12.8. The van der Waals surface area contributed by atoms with Gasteiger partial charge >= 0.3 is 0 Å². The highest BCUT2D eigenvalue weighted by atomic mass is 16.5. The van der Waals surface area contributed by atoms with E-state index in [9.17, 15) is 5.11 Å². The van der Waals surface area contributed by atoms with E-state index < -0.39 is 0 Å². The fraction of sp³-hybridized carbons (Fsp3) is 0.765. The molecule has 23 heavy (non-hydrogen) atoms. The third-order valence-corrected chi connectivity index (χ3v) is 4.48. The predicted octanol–water partition coefficient (Wildman–Crippen LogP) is 2.16. The van der Waals surface area contributed by atoms with Gasteiger partial charge in [0.05, 0.1) is 0 Å². The van der Waals surface area contributed by atoms with Crippen LogP contribution in [-0.2, 0) is 4.74 Å². The van der Waals surface area contributed by atoms with Crippen LogP contribution in [-0.4, -0.2) is 55.0 Å². The summed E-state index contributed by atoms with van der Waals surface area (Å²) in [5.41, 5.74) is 0.147. The second kappa shape index (κ2) is 8.45. The fourth-order valence-corrected chi connectivity index (χ4v) is 2.84. The number of hydrogen-bond donors (Lipinski definition) is 2. The van der Waals surface area contributed by atoms with Gasteiger partial charge < -0.3 is 20.1 Å². The number of methoxy groups -OCH3 is 1. The summed E-state index contributed by atoms with van der Waals surface area (Å²) in [7, 11) is 1.73. The molecule has 1 unspecified atom stereocenters. The van der Waals surface area contributed by atoms with Crippen molar-refractivity contribution in [2.75, 3.05) is 50.2 Å². The van der Waals surface area contributed by atoms with E-state index in [1.165, 1.54) is 0 Å². The molecule has 2 heterocycles. The largest absolute Gasteiger partial charge is 0.396 e. The number of nitrogens with one attached hydrogen (secondary N) is 1. The molecule has 6 nitrogen and oxygen atoms in total. The summed E-state index contributed by atoms with van der Waals surface area (Å²) in [6.45, 7) is 8.15. The Hall–Kier alpha value is -1.40. The van der Waals surface area contributed by atoms with Crippen LogP contribution in [0.3, 0.4) is 0 Å². The Kier molecular flexibility index (Phi) is 6.59. The predicted molar refractivity (Wildman–Crippen MR) is 92.8 cm³/mol. The Labute approximate surface area is 139 Å². The van der Waals surface area contributed by atoms with Crippen molar-refractivity contribution in [3.8, 4) is 0 Å². The van der Waals surface area contributed by atoms with Crippen LogP contribution in [0.1, 0.15) is 33.1 Å². The highest BCUT2D eigenvalue weighted by Crippen LogP contribution is 2.24. The van der Waals surface area contributed by atoms with E-state index in [0.717, 1.165) is 57.1 Å². The fourth-order valence-electron chi connectivity index (χ4n) is 2.84. The first-order valence-electron chi connectivity index (χ1n) is 8.45. The molecule has 1 fully saturated rings. The lowest BCUT2D eigenvalue weighted by Gasteiger charge is -2.32. The summed E-state index contributed by atoms with van der Waals surface area (Å²) in [5.74, 6) is 2.14. The van der Waals surface area contributed by atoms with E-state index in [0.29, 0.717) is 5.92 Å². The van der Waals surface area contributed by atoms with Crippen molar-refractivity contribution in [1.82, 2.24) is 9.97 Å². The zero-order valence-corrected chi connectivity index (χ0v) is 14.6. The smallest absolute Gasteiger partial charge is 0.134 e. The van der Waals surface area contributed by atoms with Crippen molar-refractivity contribution in [3.63, 3.8) is 0 Å². The van der Waals surface area contributed by atoms with Gasteiger partial charge in [0.25, 0.3) is 0 Å². The maximum atomic E-state index is 9.37. The number of aromatic nitrogens is 2. The van der Waals surface area contributed by atoms with E-state index in [1.54, 1.807) is 13.4 Å². The third-order valence-electron chi connectivity index (χ3n) is 4.48. The maximum absolute atomic E-state index is 9.37. The second-order valence-corrected chi connectivity index (χ2v) is 7.16. The number of nitrogens with zero attached hydrogens (tertiary/aromatic N) is 3. The molecule has 0 aromatic carbocycles. The molecular formula is C17H30N4O2. The Morgan fingerprint density at radius 2 is 2.26 bits per heavy atom. The number of anilines is 2. The van der Waals surface area contributed by atoms with Crippen LogP contribution < -0.4 is 10.2 Å². The first kappa shape index (κ1) is 17.9. The summed E-state index contributed by atoms with van der Waals surface area (Å²) in [6.07, 6.45) is 4.81. The maximum Gasteiger partial charge on any atom is 0.134 e. The topological polar surface area (TPSA) is 70.5 Å². The molecule has 1 aromatic heterocycles. The summed E-state index contributed by atoms with van der Waals surface area (Å²) in [6, 6.07) is 2.01. The van der Waals surface area contributed by atoms with E-state index in [2.05, 4.69) is 34.0 Å². The van der Waals surface area contributed by atoms with Gasteiger partial charge in [0, 0.05) is 46.0 Å². The molecule has 6 heteroatoms. The van der Waals surface area contributed by atoms with Crippen LogP contribution in [0, 0.1) is 11.3 Å². The molecule has 0 saturated carbocycles. The van der Waals surface area contributed by atoms with Gasteiger partial charge in [0.15, 0.2) is 0 Å².